The number of pyridine rings is 1. The largest absolute Gasteiger partial charge is 0.497 e. The molecule has 7 heteroatoms. The van der Waals surface area contributed by atoms with Crippen molar-refractivity contribution in [3.05, 3.63) is 72.6 Å². The van der Waals surface area contributed by atoms with Crippen molar-refractivity contribution in [2.45, 2.75) is 11.3 Å². The van der Waals surface area contributed by atoms with E-state index in [9.17, 15) is 8.42 Å². The van der Waals surface area contributed by atoms with E-state index < -0.39 is 10.0 Å². The van der Waals surface area contributed by atoms with Crippen LogP contribution in [0.2, 0.25) is 0 Å². The van der Waals surface area contributed by atoms with Gasteiger partial charge in [-0.15, -0.1) is 0 Å². The monoisotopic (exact) mass is 433 g/mol. The lowest BCUT2D eigenvalue weighted by Crippen LogP contribution is -2.23. The normalized spacial score (nSPS) is 15.4. The van der Waals surface area contributed by atoms with Crippen molar-refractivity contribution in [2.24, 2.45) is 0 Å². The van der Waals surface area contributed by atoms with E-state index in [1.54, 1.807) is 43.8 Å². The molecule has 0 unspecified atom stereocenters. The second-order valence-electron chi connectivity index (χ2n) is 7.83. The van der Waals surface area contributed by atoms with Gasteiger partial charge in [-0.1, -0.05) is 18.2 Å². The van der Waals surface area contributed by atoms with Gasteiger partial charge in [0.25, 0.3) is 10.0 Å². The minimum absolute atomic E-state index is 0.218. The van der Waals surface area contributed by atoms with E-state index in [0.717, 1.165) is 41.4 Å². The number of benzene rings is 2. The van der Waals surface area contributed by atoms with Gasteiger partial charge in [-0.25, -0.2) is 12.4 Å². The predicted molar refractivity (Wildman–Crippen MR) is 123 cm³/mol. The second kappa shape index (κ2) is 7.51. The summed E-state index contributed by atoms with van der Waals surface area (Å²) in [7, 11) is -0.109. The third-order valence-corrected chi connectivity index (χ3v) is 7.54. The average molecular weight is 434 g/mol. The molecule has 0 atom stereocenters. The zero-order valence-corrected chi connectivity index (χ0v) is 18.3. The van der Waals surface area contributed by atoms with Gasteiger partial charge in [0.1, 0.15) is 5.75 Å². The zero-order valence-electron chi connectivity index (χ0n) is 17.4. The van der Waals surface area contributed by atoms with Crippen LogP contribution >= 0.6 is 0 Å². The fraction of sp³-hybridized carbons (Fsp3) is 0.208. The van der Waals surface area contributed by atoms with Crippen LogP contribution in [0, 0.1) is 0 Å². The lowest BCUT2D eigenvalue weighted by atomic mass is 9.99. The molecule has 4 aromatic rings. The molecule has 158 valence electrons. The molecule has 0 radical (unpaired) electrons. The summed E-state index contributed by atoms with van der Waals surface area (Å²) >= 11 is 0. The zero-order chi connectivity index (χ0) is 21.6. The molecule has 0 amide bonds. The molecule has 1 aliphatic heterocycles. The Balaban J connectivity index is 1.71. The van der Waals surface area contributed by atoms with Crippen molar-refractivity contribution >= 4 is 37.4 Å². The van der Waals surface area contributed by atoms with E-state index in [-0.39, 0.29) is 4.90 Å². The Hall–Kier alpha value is -3.16. The third-order valence-electron chi connectivity index (χ3n) is 5.87. The number of hydrogen-bond acceptors (Lipinski definition) is 5. The number of nitrogens with zero attached hydrogens (tertiary/aromatic N) is 3. The van der Waals surface area contributed by atoms with E-state index in [1.807, 2.05) is 24.3 Å². The molecule has 5 rings (SSSR count). The SMILES string of the molecule is COc1ccc2c(c1)c(C1=CCN(C)CC1)cn2S(=O)(=O)c1ccc2cccnc2c1. The fourth-order valence-corrected chi connectivity index (χ4v) is 5.49. The molecule has 2 aromatic carbocycles. The minimum atomic E-state index is -3.81. The van der Waals surface area contributed by atoms with Crippen LogP contribution < -0.4 is 4.74 Å². The maximum Gasteiger partial charge on any atom is 0.268 e. The highest BCUT2D eigenvalue weighted by molar-refractivity contribution is 7.90. The summed E-state index contributed by atoms with van der Waals surface area (Å²) in [5.74, 6) is 0.701. The molecule has 2 aromatic heterocycles. The molecule has 31 heavy (non-hydrogen) atoms. The standard InChI is InChI=1S/C24H23N3O3S/c1-26-12-9-17(10-13-26)22-16-27(24-8-6-19(30-2)14-21(22)24)31(28,29)20-7-5-18-4-3-11-25-23(18)15-20/h3-9,11,14-16H,10,12-13H2,1-2H3. The number of hydrogen-bond donors (Lipinski definition) is 0. The van der Waals surface area contributed by atoms with Crippen molar-refractivity contribution < 1.29 is 13.2 Å². The fourth-order valence-electron chi connectivity index (χ4n) is 4.10. The Morgan fingerprint density at radius 1 is 1.10 bits per heavy atom. The van der Waals surface area contributed by atoms with E-state index in [4.69, 9.17) is 4.74 Å². The molecule has 3 heterocycles. The maximum absolute atomic E-state index is 13.7. The minimum Gasteiger partial charge on any atom is -0.497 e. The van der Waals surface area contributed by atoms with Crippen LogP contribution in [-0.4, -0.2) is 49.5 Å². The smallest absolute Gasteiger partial charge is 0.268 e. The molecule has 0 spiro atoms. The predicted octanol–water partition coefficient (Wildman–Crippen LogP) is 4.15. The number of fused-ring (bicyclic) bond motifs is 2. The first-order valence-corrected chi connectivity index (χ1v) is 11.6. The number of ether oxygens (including phenoxy) is 1. The Labute approximate surface area is 181 Å². The van der Waals surface area contributed by atoms with Gasteiger partial charge in [0.15, 0.2) is 0 Å². The Bertz CT molecular complexity index is 1440. The van der Waals surface area contributed by atoms with Gasteiger partial charge in [0.2, 0.25) is 0 Å². The summed E-state index contributed by atoms with van der Waals surface area (Å²) in [6.07, 6.45) is 6.46. The van der Waals surface area contributed by atoms with Crippen LogP contribution in [0.1, 0.15) is 12.0 Å². The van der Waals surface area contributed by atoms with Gasteiger partial charge < -0.3 is 9.64 Å². The molecule has 0 N–H and O–H groups in total. The lowest BCUT2D eigenvalue weighted by molar-refractivity contribution is 0.370. The summed E-state index contributed by atoms with van der Waals surface area (Å²) in [6, 6.07) is 14.3. The molecule has 0 saturated carbocycles. The molecule has 0 aliphatic carbocycles. The van der Waals surface area contributed by atoms with Crippen LogP contribution in [0.3, 0.4) is 0 Å². The summed E-state index contributed by atoms with van der Waals surface area (Å²) in [4.78, 5) is 6.77. The average Bonchev–Trinajstić information content (AvgIpc) is 3.19. The van der Waals surface area contributed by atoms with Gasteiger partial charge in [-0.3, -0.25) is 4.98 Å². The highest BCUT2D eigenvalue weighted by Gasteiger charge is 2.24. The van der Waals surface area contributed by atoms with Crippen molar-refractivity contribution in [3.63, 3.8) is 0 Å². The van der Waals surface area contributed by atoms with Crippen molar-refractivity contribution in [3.8, 4) is 5.75 Å². The van der Waals surface area contributed by atoms with Gasteiger partial charge in [0, 0.05) is 41.8 Å². The first kappa shape index (κ1) is 19.8. The molecule has 0 fully saturated rings. The maximum atomic E-state index is 13.7. The molecule has 0 bridgehead atoms. The molecule has 0 saturated heterocycles. The van der Waals surface area contributed by atoms with E-state index in [0.29, 0.717) is 16.8 Å². The first-order chi connectivity index (χ1) is 15.0. The number of rotatable bonds is 4. The Morgan fingerprint density at radius 2 is 1.97 bits per heavy atom. The first-order valence-electron chi connectivity index (χ1n) is 10.1. The van der Waals surface area contributed by atoms with E-state index in [2.05, 4.69) is 23.0 Å². The summed E-state index contributed by atoms with van der Waals surface area (Å²) in [5.41, 5.74) is 3.38. The van der Waals surface area contributed by atoms with Crippen molar-refractivity contribution in [1.29, 1.82) is 0 Å². The third kappa shape index (κ3) is 3.40. The summed E-state index contributed by atoms with van der Waals surface area (Å²) in [6.45, 7) is 1.78. The summed E-state index contributed by atoms with van der Waals surface area (Å²) in [5, 5.41) is 1.78. The second-order valence-corrected chi connectivity index (χ2v) is 9.64. The van der Waals surface area contributed by atoms with Crippen LogP contribution in [0.5, 0.6) is 5.75 Å². The molecular formula is C24H23N3O3S. The molecular weight excluding hydrogens is 410 g/mol. The van der Waals surface area contributed by atoms with Gasteiger partial charge in [-0.05, 0) is 55.4 Å². The highest BCUT2D eigenvalue weighted by Crippen LogP contribution is 2.35. The van der Waals surface area contributed by atoms with Crippen LogP contribution in [0.15, 0.2) is 71.9 Å². The lowest BCUT2D eigenvalue weighted by Gasteiger charge is -2.21. The summed E-state index contributed by atoms with van der Waals surface area (Å²) < 4.78 is 34.1. The van der Waals surface area contributed by atoms with Crippen molar-refractivity contribution in [1.82, 2.24) is 13.9 Å². The number of methoxy groups -OCH3 is 1. The molecule has 6 nitrogen and oxygen atoms in total. The van der Waals surface area contributed by atoms with Gasteiger partial charge in [-0.2, -0.15) is 0 Å². The number of aromatic nitrogens is 2. The van der Waals surface area contributed by atoms with Crippen LogP contribution in [0.25, 0.3) is 27.4 Å². The van der Waals surface area contributed by atoms with Crippen LogP contribution in [0.4, 0.5) is 0 Å². The van der Waals surface area contributed by atoms with Crippen molar-refractivity contribution in [2.75, 3.05) is 27.2 Å². The molecule has 1 aliphatic rings. The Morgan fingerprint density at radius 3 is 2.74 bits per heavy atom. The number of likely N-dealkylation sites (N-methyl/N-ethyl adjacent to an activating group) is 1. The van der Waals surface area contributed by atoms with E-state index in [1.165, 1.54) is 3.97 Å². The van der Waals surface area contributed by atoms with E-state index >= 15 is 0 Å². The van der Waals surface area contributed by atoms with Gasteiger partial charge >= 0.3 is 0 Å². The van der Waals surface area contributed by atoms with Crippen LogP contribution in [-0.2, 0) is 10.0 Å². The highest BCUT2D eigenvalue weighted by atomic mass is 32.2. The quantitative estimate of drug-likeness (QED) is 0.484. The van der Waals surface area contributed by atoms with Gasteiger partial charge in [0.05, 0.1) is 23.0 Å². The topological polar surface area (TPSA) is 64.4 Å². The Kier molecular flexibility index (Phi) is 4.79.